The molecule has 14 heteroatoms. The van der Waals surface area contributed by atoms with Crippen LogP contribution in [0.5, 0.6) is 0 Å². The Morgan fingerprint density at radius 3 is 2.39 bits per heavy atom. The summed E-state index contributed by atoms with van der Waals surface area (Å²) in [5, 5.41) is 27.3. The fourth-order valence-electron chi connectivity index (χ4n) is 3.14. The molecule has 0 aromatic carbocycles. The van der Waals surface area contributed by atoms with Crippen molar-refractivity contribution < 1.29 is 18.0 Å². The van der Waals surface area contributed by atoms with Gasteiger partial charge in [0.05, 0.1) is 36.0 Å². The molecular weight excluding hydrogens is 441 g/mol. The molecule has 0 unspecified atom stereocenters. The number of aromatic nitrogens is 8. The minimum absolute atomic E-state index is 0.00956. The third kappa shape index (κ3) is 3.80. The Morgan fingerprint density at radius 1 is 1.12 bits per heavy atom. The van der Waals surface area contributed by atoms with Gasteiger partial charge >= 0.3 is 6.18 Å². The highest BCUT2D eigenvalue weighted by Gasteiger charge is 2.41. The number of carbonyl (C=O) groups excluding carboxylic acids is 1. The second-order valence-electron chi connectivity index (χ2n) is 6.95. The van der Waals surface area contributed by atoms with Gasteiger partial charge in [-0.1, -0.05) is 0 Å². The normalized spacial score (nSPS) is 11.4. The van der Waals surface area contributed by atoms with Crippen molar-refractivity contribution in [1.29, 1.82) is 5.26 Å². The van der Waals surface area contributed by atoms with E-state index in [1.54, 1.807) is 20.9 Å². The van der Waals surface area contributed by atoms with E-state index in [0.717, 1.165) is 11.0 Å². The Morgan fingerprint density at radius 2 is 1.82 bits per heavy atom. The number of alkyl halides is 3. The first-order valence-electron chi connectivity index (χ1n) is 9.35. The summed E-state index contributed by atoms with van der Waals surface area (Å²) in [6.45, 7) is 3.32. The van der Waals surface area contributed by atoms with Crippen LogP contribution in [0.25, 0.3) is 11.6 Å². The maximum atomic E-state index is 13.9. The van der Waals surface area contributed by atoms with Crippen LogP contribution in [-0.4, -0.2) is 45.4 Å². The molecule has 4 aromatic heterocycles. The highest BCUT2D eigenvalue weighted by atomic mass is 19.4. The summed E-state index contributed by atoms with van der Waals surface area (Å²) in [5.41, 5.74) is -0.813. The molecule has 0 fully saturated rings. The number of hydrogen-bond acceptors (Lipinski definition) is 7. The van der Waals surface area contributed by atoms with Gasteiger partial charge in [-0.2, -0.15) is 38.8 Å². The monoisotopic (exact) mass is 456 g/mol. The van der Waals surface area contributed by atoms with Crippen LogP contribution in [0.4, 0.5) is 18.9 Å². The van der Waals surface area contributed by atoms with Crippen LogP contribution in [0.3, 0.4) is 0 Å². The largest absolute Gasteiger partial charge is 0.434 e. The molecule has 11 nitrogen and oxygen atoms in total. The molecule has 1 amide bonds. The summed E-state index contributed by atoms with van der Waals surface area (Å²) < 4.78 is 43.9. The van der Waals surface area contributed by atoms with Crippen LogP contribution in [0.15, 0.2) is 30.9 Å². The first-order chi connectivity index (χ1) is 15.6. The van der Waals surface area contributed by atoms with E-state index in [-0.39, 0.29) is 22.9 Å². The van der Waals surface area contributed by atoms with Crippen LogP contribution in [0.2, 0.25) is 0 Å². The van der Waals surface area contributed by atoms with E-state index in [0.29, 0.717) is 15.9 Å². The molecule has 4 aromatic rings. The molecule has 4 rings (SSSR count). The van der Waals surface area contributed by atoms with Crippen molar-refractivity contribution in [3.05, 3.63) is 58.9 Å². The summed E-state index contributed by atoms with van der Waals surface area (Å²) in [6, 6.07) is 3.15. The Bertz CT molecular complexity index is 1390. The smallest absolute Gasteiger partial charge is 0.320 e. The number of amides is 1. The van der Waals surface area contributed by atoms with Gasteiger partial charge in [0.1, 0.15) is 11.6 Å². The lowest BCUT2D eigenvalue weighted by Crippen LogP contribution is -2.21. The van der Waals surface area contributed by atoms with Gasteiger partial charge in [0.15, 0.2) is 17.3 Å². The van der Waals surface area contributed by atoms with Crippen molar-refractivity contribution in [2.45, 2.75) is 20.0 Å². The zero-order valence-corrected chi connectivity index (χ0v) is 17.5. The van der Waals surface area contributed by atoms with Gasteiger partial charge in [-0.3, -0.25) is 9.48 Å². The van der Waals surface area contributed by atoms with Crippen molar-refractivity contribution in [2.75, 3.05) is 5.32 Å². The number of nitrogens with zero attached hydrogens (tertiary/aromatic N) is 9. The highest BCUT2D eigenvalue weighted by molar-refractivity contribution is 6.05. The topological polar surface area (TPSA) is 132 Å². The van der Waals surface area contributed by atoms with Crippen LogP contribution >= 0.6 is 0 Å². The number of nitriles is 1. The lowest BCUT2D eigenvalue weighted by molar-refractivity contribution is -0.143. The van der Waals surface area contributed by atoms with Gasteiger partial charge in [0.2, 0.25) is 0 Å². The van der Waals surface area contributed by atoms with E-state index in [2.05, 4.69) is 30.7 Å². The molecule has 0 spiro atoms. The maximum Gasteiger partial charge on any atom is 0.434 e. The third-order valence-corrected chi connectivity index (χ3v) is 4.94. The molecule has 1 N–H and O–H groups in total. The molecular formula is C19H15F3N10O. The van der Waals surface area contributed by atoms with Gasteiger partial charge < -0.3 is 5.32 Å². The van der Waals surface area contributed by atoms with Gasteiger partial charge in [-0.25, -0.2) is 9.67 Å². The molecule has 0 aliphatic rings. The number of pyridine rings is 1. The van der Waals surface area contributed by atoms with Crippen molar-refractivity contribution in [3.8, 4) is 17.7 Å². The van der Waals surface area contributed by atoms with E-state index in [1.165, 1.54) is 29.3 Å². The van der Waals surface area contributed by atoms with Crippen LogP contribution < -0.4 is 5.32 Å². The van der Waals surface area contributed by atoms with Crippen LogP contribution in [0.1, 0.15) is 32.9 Å². The molecule has 4 heterocycles. The highest BCUT2D eigenvalue weighted by Crippen LogP contribution is 2.34. The molecule has 0 saturated heterocycles. The van der Waals surface area contributed by atoms with Gasteiger partial charge in [0.25, 0.3) is 5.91 Å². The lowest BCUT2D eigenvalue weighted by Gasteiger charge is -2.12. The number of nitrogens with one attached hydrogen (secondary N) is 1. The maximum absolute atomic E-state index is 13.9. The van der Waals surface area contributed by atoms with Crippen LogP contribution in [0, 0.1) is 25.2 Å². The molecule has 0 radical (unpaired) electrons. The Hall–Kier alpha value is -4.54. The van der Waals surface area contributed by atoms with Gasteiger partial charge in [0, 0.05) is 18.3 Å². The Labute approximate surface area is 184 Å². The average Bonchev–Trinajstić information content (AvgIpc) is 3.50. The molecule has 0 atom stereocenters. The Kier molecular flexibility index (Phi) is 5.16. The number of hydrogen-bond donors (Lipinski definition) is 1. The minimum Gasteiger partial charge on any atom is -0.320 e. The minimum atomic E-state index is -4.90. The second-order valence-corrected chi connectivity index (χ2v) is 6.95. The standard InChI is InChI=1S/C19H15F3N10O/c1-10-11(2)30(3)29-16(10)31-15(19(20,21)22)14(9-27-31)18(33)28-13-6-12(7-23)17(24-8-13)32-25-4-5-26-32/h4-6,8-9H,1-3H3,(H,28,33). The number of anilines is 1. The fourth-order valence-corrected chi connectivity index (χ4v) is 3.14. The molecule has 0 bridgehead atoms. The molecule has 33 heavy (non-hydrogen) atoms. The first-order valence-corrected chi connectivity index (χ1v) is 9.35. The summed E-state index contributed by atoms with van der Waals surface area (Å²) in [4.78, 5) is 17.9. The number of halogens is 3. The molecule has 0 aliphatic heterocycles. The molecule has 0 saturated carbocycles. The van der Waals surface area contributed by atoms with Crippen molar-refractivity contribution in [3.63, 3.8) is 0 Å². The summed E-state index contributed by atoms with van der Waals surface area (Å²) in [7, 11) is 1.60. The molecule has 0 aliphatic carbocycles. The average molecular weight is 456 g/mol. The molecule has 168 valence electrons. The summed E-state index contributed by atoms with van der Waals surface area (Å²) in [6.07, 6.45) is -0.115. The van der Waals surface area contributed by atoms with E-state index >= 15 is 0 Å². The van der Waals surface area contributed by atoms with Gasteiger partial charge in [-0.05, 0) is 19.9 Å². The summed E-state index contributed by atoms with van der Waals surface area (Å²) in [5.74, 6) is -1.01. The van der Waals surface area contributed by atoms with Crippen molar-refractivity contribution in [2.24, 2.45) is 7.05 Å². The fraction of sp³-hybridized carbons (Fsp3) is 0.211. The SMILES string of the molecule is Cc1c(-n2ncc(C(=O)Nc3cnc(-n4nccn4)c(C#N)c3)c2C(F)(F)F)nn(C)c1C. The lowest BCUT2D eigenvalue weighted by atomic mass is 10.2. The number of carbonyl (C=O) groups is 1. The predicted octanol–water partition coefficient (Wildman–Crippen LogP) is 2.34. The van der Waals surface area contributed by atoms with Crippen LogP contribution in [-0.2, 0) is 13.2 Å². The summed E-state index contributed by atoms with van der Waals surface area (Å²) >= 11 is 0. The van der Waals surface area contributed by atoms with Gasteiger partial charge in [-0.15, -0.1) is 4.80 Å². The second kappa shape index (κ2) is 7.86. The van der Waals surface area contributed by atoms with E-state index in [9.17, 15) is 23.2 Å². The zero-order chi connectivity index (χ0) is 23.9. The Balaban J connectivity index is 1.72. The first kappa shape index (κ1) is 21.7. The van der Waals surface area contributed by atoms with Crippen molar-refractivity contribution in [1.82, 2.24) is 39.5 Å². The van der Waals surface area contributed by atoms with E-state index < -0.39 is 23.3 Å². The third-order valence-electron chi connectivity index (χ3n) is 4.94. The predicted molar refractivity (Wildman–Crippen MR) is 107 cm³/mol. The van der Waals surface area contributed by atoms with E-state index in [1.807, 2.05) is 6.07 Å². The number of aryl methyl sites for hydroxylation is 1. The van der Waals surface area contributed by atoms with E-state index in [4.69, 9.17) is 0 Å². The van der Waals surface area contributed by atoms with Crippen molar-refractivity contribution >= 4 is 11.6 Å². The number of rotatable bonds is 4. The quantitative estimate of drug-likeness (QED) is 0.498. The zero-order valence-electron chi connectivity index (χ0n) is 17.5.